The van der Waals surface area contributed by atoms with E-state index < -0.39 is 0 Å². The van der Waals surface area contributed by atoms with E-state index in [2.05, 4.69) is 38.1 Å². The molecule has 0 aliphatic heterocycles. The number of hydrogen-bond donors (Lipinski definition) is 2. The summed E-state index contributed by atoms with van der Waals surface area (Å²) in [5.41, 5.74) is 13.9. The molecule has 0 unspecified atom stereocenters. The fraction of sp³-hybridized carbons (Fsp3) is 0.455. The summed E-state index contributed by atoms with van der Waals surface area (Å²) in [4.78, 5) is 0. The lowest BCUT2D eigenvalue weighted by molar-refractivity contribution is 0.101. The maximum absolute atomic E-state index is 5.70. The van der Waals surface area contributed by atoms with Crippen molar-refractivity contribution in [3.8, 4) is 11.5 Å². The molecule has 4 rings (SSSR count). The maximum Gasteiger partial charge on any atom is 0.119 e. The van der Waals surface area contributed by atoms with E-state index in [1.54, 1.807) is 0 Å². The predicted molar refractivity (Wildman–Crippen MR) is 120 cm³/mol. The minimum absolute atomic E-state index is 0. The summed E-state index contributed by atoms with van der Waals surface area (Å²) in [5, 5.41) is 0. The van der Waals surface area contributed by atoms with E-state index in [1.165, 1.54) is 11.1 Å². The Balaban J connectivity index is 0.000000261. The van der Waals surface area contributed by atoms with Crippen molar-refractivity contribution in [2.75, 3.05) is 0 Å². The zero-order chi connectivity index (χ0) is 18.5. The Morgan fingerprint density at radius 2 is 0.893 bits per heavy atom. The molecular formula is C22H32Cl2N2O2. The molecule has 28 heavy (non-hydrogen) atoms. The lowest BCUT2D eigenvalue weighted by atomic mass is 9.90. The summed E-state index contributed by atoms with van der Waals surface area (Å²) in [6.07, 6.45) is 4.67. The van der Waals surface area contributed by atoms with Crippen molar-refractivity contribution in [3.63, 3.8) is 0 Å². The van der Waals surface area contributed by atoms with Gasteiger partial charge < -0.3 is 20.9 Å². The molecular weight excluding hydrogens is 395 g/mol. The first-order valence-corrected chi connectivity index (χ1v) is 9.46. The van der Waals surface area contributed by atoms with Crippen LogP contribution in [0.3, 0.4) is 0 Å². The highest BCUT2D eigenvalue weighted by Crippen LogP contribution is 2.25. The minimum atomic E-state index is 0. The average Bonchev–Trinajstić information content (AvgIpc) is 2.57. The van der Waals surface area contributed by atoms with Crippen LogP contribution < -0.4 is 20.9 Å². The van der Waals surface area contributed by atoms with Gasteiger partial charge in [-0.1, -0.05) is 35.4 Å². The van der Waals surface area contributed by atoms with Crippen molar-refractivity contribution in [2.45, 2.75) is 63.8 Å². The van der Waals surface area contributed by atoms with Gasteiger partial charge in [0.25, 0.3) is 0 Å². The van der Waals surface area contributed by atoms with Gasteiger partial charge in [0.15, 0.2) is 0 Å². The summed E-state index contributed by atoms with van der Waals surface area (Å²) in [6, 6.07) is 17.0. The quantitative estimate of drug-likeness (QED) is 0.750. The second-order valence-corrected chi connectivity index (χ2v) is 7.57. The number of ether oxygens (including phenoxy) is 2. The standard InChI is InChI=1S/2C11H15NO.2ClH/c2*1-8-2-4-10(5-3-8)13-11-6-9(12)7-11;;/h2*2-5,9,11H,6-7,12H2,1H3;2*1H. The third-order valence-electron chi connectivity index (χ3n) is 4.91. The third kappa shape index (κ3) is 7.51. The van der Waals surface area contributed by atoms with Gasteiger partial charge in [0.05, 0.1) is 0 Å². The van der Waals surface area contributed by atoms with Gasteiger partial charge in [-0.25, -0.2) is 0 Å². The van der Waals surface area contributed by atoms with E-state index >= 15 is 0 Å². The average molecular weight is 427 g/mol. The molecule has 6 heteroatoms. The summed E-state index contributed by atoms with van der Waals surface area (Å²) in [6.45, 7) is 4.14. The van der Waals surface area contributed by atoms with Crippen LogP contribution in [0.15, 0.2) is 48.5 Å². The lowest BCUT2D eigenvalue weighted by Crippen LogP contribution is -2.43. The van der Waals surface area contributed by atoms with Crippen LogP contribution in [0.4, 0.5) is 0 Å². The van der Waals surface area contributed by atoms with Crippen LogP contribution in [0.25, 0.3) is 0 Å². The fourth-order valence-corrected chi connectivity index (χ4v) is 3.02. The monoisotopic (exact) mass is 426 g/mol. The maximum atomic E-state index is 5.70. The molecule has 0 bridgehead atoms. The van der Waals surface area contributed by atoms with E-state index in [9.17, 15) is 0 Å². The number of nitrogens with two attached hydrogens (primary N) is 2. The van der Waals surface area contributed by atoms with Crippen LogP contribution in [-0.2, 0) is 0 Å². The predicted octanol–water partition coefficient (Wildman–Crippen LogP) is 4.57. The lowest BCUT2D eigenvalue weighted by Gasteiger charge is -2.32. The second-order valence-electron chi connectivity index (χ2n) is 7.57. The van der Waals surface area contributed by atoms with Crippen LogP contribution in [0.1, 0.15) is 36.8 Å². The molecule has 2 aliphatic rings. The zero-order valence-corrected chi connectivity index (χ0v) is 18.2. The van der Waals surface area contributed by atoms with Crippen molar-refractivity contribution in [1.82, 2.24) is 0 Å². The summed E-state index contributed by atoms with van der Waals surface area (Å²) < 4.78 is 11.4. The number of benzene rings is 2. The first-order valence-electron chi connectivity index (χ1n) is 9.46. The molecule has 4 nitrogen and oxygen atoms in total. The van der Waals surface area contributed by atoms with Gasteiger partial charge in [-0.3, -0.25) is 0 Å². The van der Waals surface area contributed by atoms with Crippen LogP contribution >= 0.6 is 24.8 Å². The fourth-order valence-electron chi connectivity index (χ4n) is 3.02. The molecule has 0 heterocycles. The highest BCUT2D eigenvalue weighted by Gasteiger charge is 2.28. The third-order valence-corrected chi connectivity index (χ3v) is 4.91. The van der Waals surface area contributed by atoms with Gasteiger partial charge in [0, 0.05) is 12.1 Å². The summed E-state index contributed by atoms with van der Waals surface area (Å²) in [7, 11) is 0. The van der Waals surface area contributed by atoms with Crippen molar-refractivity contribution < 1.29 is 9.47 Å². The van der Waals surface area contributed by atoms with Crippen molar-refractivity contribution in [2.24, 2.45) is 11.5 Å². The normalized spacial score (nSPS) is 24.7. The second kappa shape index (κ2) is 11.5. The molecule has 2 saturated carbocycles. The largest absolute Gasteiger partial charge is 0.490 e. The Hall–Kier alpha value is -1.46. The Kier molecular flexibility index (Phi) is 10.1. The van der Waals surface area contributed by atoms with Crippen molar-refractivity contribution in [1.29, 1.82) is 0 Å². The molecule has 156 valence electrons. The van der Waals surface area contributed by atoms with Gasteiger partial charge in [-0.15, -0.1) is 24.8 Å². The molecule has 0 saturated heterocycles. The molecule has 0 radical (unpaired) electrons. The van der Waals surface area contributed by atoms with E-state index in [0.717, 1.165) is 37.2 Å². The number of aryl methyl sites for hydroxylation is 2. The molecule has 2 aliphatic carbocycles. The molecule has 0 aromatic heterocycles. The Morgan fingerprint density at radius 3 is 1.14 bits per heavy atom. The Morgan fingerprint density at radius 1 is 0.607 bits per heavy atom. The van der Waals surface area contributed by atoms with E-state index in [1.807, 2.05) is 24.3 Å². The molecule has 0 amide bonds. The number of rotatable bonds is 4. The SMILES string of the molecule is Cc1ccc(OC2CC(N)C2)cc1.Cc1ccc(OC2CC(N)C2)cc1.Cl.Cl. The zero-order valence-electron chi connectivity index (χ0n) is 16.5. The first kappa shape index (κ1) is 24.6. The smallest absolute Gasteiger partial charge is 0.119 e. The molecule has 2 fully saturated rings. The van der Waals surface area contributed by atoms with Gasteiger partial charge in [0.1, 0.15) is 23.7 Å². The van der Waals surface area contributed by atoms with Gasteiger partial charge in [0.2, 0.25) is 0 Å². The summed E-state index contributed by atoms with van der Waals surface area (Å²) >= 11 is 0. The van der Waals surface area contributed by atoms with E-state index in [4.69, 9.17) is 20.9 Å². The molecule has 0 atom stereocenters. The molecule has 0 spiro atoms. The number of halogens is 2. The first-order chi connectivity index (χ1) is 12.5. The highest BCUT2D eigenvalue weighted by molar-refractivity contribution is 5.85. The highest BCUT2D eigenvalue weighted by atomic mass is 35.5. The van der Waals surface area contributed by atoms with Gasteiger partial charge in [-0.05, 0) is 63.8 Å². The van der Waals surface area contributed by atoms with Gasteiger partial charge in [-0.2, -0.15) is 0 Å². The number of hydrogen-bond acceptors (Lipinski definition) is 4. The van der Waals surface area contributed by atoms with E-state index in [-0.39, 0.29) is 24.8 Å². The minimum Gasteiger partial charge on any atom is -0.490 e. The van der Waals surface area contributed by atoms with Gasteiger partial charge >= 0.3 is 0 Å². The van der Waals surface area contributed by atoms with Crippen molar-refractivity contribution in [3.05, 3.63) is 59.7 Å². The Labute approximate surface area is 180 Å². The topological polar surface area (TPSA) is 70.5 Å². The van der Waals surface area contributed by atoms with Crippen molar-refractivity contribution >= 4 is 24.8 Å². The van der Waals surface area contributed by atoms with Crippen LogP contribution in [-0.4, -0.2) is 24.3 Å². The van der Waals surface area contributed by atoms with Crippen LogP contribution in [0.5, 0.6) is 11.5 Å². The molecule has 2 aromatic rings. The van der Waals surface area contributed by atoms with E-state index in [0.29, 0.717) is 24.3 Å². The molecule has 2 aromatic carbocycles. The Bertz CT molecular complexity index is 621. The molecule has 4 N–H and O–H groups in total. The summed E-state index contributed by atoms with van der Waals surface area (Å²) in [5.74, 6) is 1.92. The van der Waals surface area contributed by atoms with Crippen LogP contribution in [0.2, 0.25) is 0 Å². The van der Waals surface area contributed by atoms with Crippen LogP contribution in [0, 0.1) is 13.8 Å².